The van der Waals surface area contributed by atoms with E-state index in [9.17, 15) is 29.4 Å². The number of halogens is 4. The Bertz CT molecular complexity index is 2920. The standard InChI is InChI=1S/2C27H30Cl2N6O4/c2*1-16(25(37)32-22(15-36)17-3-2-4-19(28)11-17)35-8-7-34-14-18(12-23(34)26(35)38)24-21(29)13-30-27(33-24)31-20-5-9-39-10-6-20/h2*2-4,11-14,16,20,22,36H,5-10,15H2,1H3,(H,32,37)(H,30,31,33)/t16-,22+;16-,22-/m01/s1. The van der Waals surface area contributed by atoms with Crippen molar-refractivity contribution in [2.45, 2.75) is 88.9 Å². The molecule has 0 aliphatic carbocycles. The van der Waals surface area contributed by atoms with E-state index in [1.54, 1.807) is 86.9 Å². The Kier molecular flexibility index (Phi) is 18.5. The molecule has 0 radical (unpaired) electrons. The quantitative estimate of drug-likeness (QED) is 0.0568. The molecular formula is C54H60Cl4N12O8. The molecule has 2 saturated heterocycles. The Labute approximate surface area is 470 Å². The summed E-state index contributed by atoms with van der Waals surface area (Å²) in [6.45, 7) is 7.24. The van der Waals surface area contributed by atoms with E-state index in [0.717, 1.165) is 25.7 Å². The molecule has 0 unspecified atom stereocenters. The van der Waals surface area contributed by atoms with E-state index in [1.807, 2.05) is 21.5 Å². The Hall–Kier alpha value is -6.36. The van der Waals surface area contributed by atoms with Gasteiger partial charge >= 0.3 is 0 Å². The van der Waals surface area contributed by atoms with E-state index in [2.05, 4.69) is 41.2 Å². The monoisotopic (exact) mass is 1140 g/mol. The first-order valence-corrected chi connectivity index (χ1v) is 27.3. The van der Waals surface area contributed by atoms with Gasteiger partial charge in [-0.3, -0.25) is 19.2 Å². The Balaban J connectivity index is 0.000000190. The van der Waals surface area contributed by atoms with Gasteiger partial charge in [0.1, 0.15) is 23.5 Å². The van der Waals surface area contributed by atoms with Gasteiger partial charge in [0.05, 0.1) is 59.1 Å². The number of aliphatic hydroxyl groups excluding tert-OH is 2. The van der Waals surface area contributed by atoms with E-state index < -0.39 is 24.2 Å². The van der Waals surface area contributed by atoms with Crippen LogP contribution in [0.5, 0.6) is 0 Å². The van der Waals surface area contributed by atoms with Crippen LogP contribution in [-0.4, -0.2) is 150 Å². The summed E-state index contributed by atoms with van der Waals surface area (Å²) < 4.78 is 14.5. The van der Waals surface area contributed by atoms with Crippen LogP contribution in [0, 0.1) is 0 Å². The molecule has 4 amide bonds. The van der Waals surface area contributed by atoms with Crippen LogP contribution in [0.2, 0.25) is 20.1 Å². The summed E-state index contributed by atoms with van der Waals surface area (Å²) in [6, 6.07) is 15.0. The van der Waals surface area contributed by atoms with E-state index in [1.165, 1.54) is 9.80 Å². The highest BCUT2D eigenvalue weighted by atomic mass is 35.5. The van der Waals surface area contributed by atoms with Crippen LogP contribution in [0.15, 0.2) is 85.5 Å². The fourth-order valence-electron chi connectivity index (χ4n) is 9.79. The third-order valence-corrected chi connectivity index (χ3v) is 15.3. The summed E-state index contributed by atoms with van der Waals surface area (Å²) in [5.74, 6) is -0.340. The number of aliphatic hydroxyl groups is 2. The number of nitrogens with one attached hydrogen (secondary N) is 4. The number of rotatable bonds is 16. The molecule has 0 spiro atoms. The largest absolute Gasteiger partial charge is 0.394 e. The zero-order chi connectivity index (χ0) is 55.0. The topological polar surface area (TPSA) is 243 Å². The van der Waals surface area contributed by atoms with Crippen molar-refractivity contribution in [3.63, 3.8) is 0 Å². The number of carbonyl (C=O) groups is 4. The van der Waals surface area contributed by atoms with E-state index in [-0.39, 0.29) is 48.9 Å². The Morgan fingerprint density at radius 2 is 1.01 bits per heavy atom. The molecule has 4 aromatic heterocycles. The normalized spacial score (nSPS) is 17.4. The molecule has 8 heterocycles. The van der Waals surface area contributed by atoms with Gasteiger partial charge in [0.15, 0.2) is 0 Å². The predicted molar refractivity (Wildman–Crippen MR) is 296 cm³/mol. The number of hydrogen-bond donors (Lipinski definition) is 6. The summed E-state index contributed by atoms with van der Waals surface area (Å²) >= 11 is 25.1. The molecule has 0 saturated carbocycles. The van der Waals surface area contributed by atoms with Crippen LogP contribution < -0.4 is 21.3 Å². The third kappa shape index (κ3) is 13.2. The number of nitrogens with zero attached hydrogens (tertiary/aromatic N) is 8. The van der Waals surface area contributed by atoms with Crippen molar-refractivity contribution < 1.29 is 38.9 Å². The van der Waals surface area contributed by atoms with Crippen molar-refractivity contribution >= 4 is 81.9 Å². The number of aromatic nitrogens is 6. The highest BCUT2D eigenvalue weighted by Gasteiger charge is 2.35. The van der Waals surface area contributed by atoms with Crippen LogP contribution in [0.3, 0.4) is 0 Å². The summed E-state index contributed by atoms with van der Waals surface area (Å²) in [5.41, 5.74) is 4.70. The fraction of sp³-hybridized carbons (Fsp3) is 0.407. The number of fused-ring (bicyclic) bond motifs is 2. The zero-order valence-corrected chi connectivity index (χ0v) is 45.9. The first kappa shape index (κ1) is 56.4. The van der Waals surface area contributed by atoms with Gasteiger partial charge in [0, 0.05) is 98.3 Å². The fourth-order valence-corrected chi connectivity index (χ4v) is 10.6. The third-order valence-electron chi connectivity index (χ3n) is 14.3. The van der Waals surface area contributed by atoms with Crippen molar-refractivity contribution in [1.29, 1.82) is 0 Å². The molecule has 412 valence electrons. The van der Waals surface area contributed by atoms with Crippen LogP contribution in [-0.2, 0) is 32.2 Å². The molecule has 6 aromatic rings. The maximum Gasteiger partial charge on any atom is 0.271 e. The predicted octanol–water partition coefficient (Wildman–Crippen LogP) is 7.07. The van der Waals surface area contributed by atoms with E-state index >= 15 is 0 Å². The number of carbonyl (C=O) groups excluding carboxylic acids is 4. The lowest BCUT2D eigenvalue weighted by Gasteiger charge is -2.33. The second-order valence-corrected chi connectivity index (χ2v) is 21.1. The van der Waals surface area contributed by atoms with E-state index in [4.69, 9.17) is 55.9 Å². The highest BCUT2D eigenvalue weighted by Crippen LogP contribution is 2.33. The van der Waals surface area contributed by atoms with Crippen LogP contribution >= 0.6 is 46.4 Å². The van der Waals surface area contributed by atoms with Gasteiger partial charge in [0.2, 0.25) is 23.7 Å². The highest BCUT2D eigenvalue weighted by molar-refractivity contribution is 6.33. The van der Waals surface area contributed by atoms with Crippen molar-refractivity contribution in [1.82, 2.24) is 49.5 Å². The number of anilines is 2. The summed E-state index contributed by atoms with van der Waals surface area (Å²) in [7, 11) is 0. The summed E-state index contributed by atoms with van der Waals surface area (Å²) in [6.07, 6.45) is 10.3. The van der Waals surface area contributed by atoms with E-state index in [0.29, 0.717) is 130 Å². The van der Waals surface area contributed by atoms with Gasteiger partial charge in [0.25, 0.3) is 11.8 Å². The van der Waals surface area contributed by atoms with Crippen LogP contribution in [0.4, 0.5) is 11.9 Å². The van der Waals surface area contributed by atoms with Crippen LogP contribution in [0.1, 0.15) is 83.7 Å². The van der Waals surface area contributed by atoms with Gasteiger partial charge in [-0.25, -0.2) is 19.9 Å². The van der Waals surface area contributed by atoms with Gasteiger partial charge in [-0.2, -0.15) is 0 Å². The molecule has 24 heteroatoms. The Morgan fingerprint density at radius 1 is 0.615 bits per heavy atom. The van der Waals surface area contributed by atoms with Gasteiger partial charge in [-0.15, -0.1) is 0 Å². The minimum Gasteiger partial charge on any atom is -0.394 e. The number of hydrogen-bond acceptors (Lipinski definition) is 14. The van der Waals surface area contributed by atoms with Gasteiger partial charge in [-0.1, -0.05) is 70.7 Å². The van der Waals surface area contributed by atoms with Crippen LogP contribution in [0.25, 0.3) is 22.5 Å². The Morgan fingerprint density at radius 3 is 1.38 bits per heavy atom. The molecule has 4 aliphatic rings. The second kappa shape index (κ2) is 25.6. The number of ether oxygens (including phenoxy) is 2. The lowest BCUT2D eigenvalue weighted by Crippen LogP contribution is -2.52. The van der Waals surface area contributed by atoms with Gasteiger partial charge < -0.3 is 59.9 Å². The average molecular weight is 1150 g/mol. The number of benzene rings is 2. The molecule has 4 atom stereocenters. The molecule has 2 fully saturated rings. The molecular weight excluding hydrogens is 1090 g/mol. The molecule has 10 rings (SSSR count). The van der Waals surface area contributed by atoms with Crippen molar-refractivity contribution in [2.75, 3.05) is 63.4 Å². The SMILES string of the molecule is C[C@@H](C(=O)N[C@H](CO)c1cccc(Cl)c1)N1CCn2cc(-c3nc(NC4CCOCC4)ncc3Cl)cc2C1=O.C[C@H](C(=O)N[C@H](CO)c1cccc(Cl)c1)N1CCn2cc(-c3nc(NC4CCOCC4)ncc3Cl)cc2C1=O. The molecule has 20 nitrogen and oxygen atoms in total. The van der Waals surface area contributed by atoms with Crippen molar-refractivity contribution in [3.8, 4) is 22.5 Å². The zero-order valence-electron chi connectivity index (χ0n) is 42.9. The summed E-state index contributed by atoms with van der Waals surface area (Å²) in [5, 5.41) is 33.9. The lowest BCUT2D eigenvalue weighted by atomic mass is 10.1. The van der Waals surface area contributed by atoms with Gasteiger partial charge in [-0.05, 0) is 87.1 Å². The molecule has 6 N–H and O–H groups in total. The first-order valence-electron chi connectivity index (χ1n) is 25.8. The van der Waals surface area contributed by atoms with Crippen molar-refractivity contribution in [2.24, 2.45) is 0 Å². The molecule has 2 aromatic carbocycles. The maximum absolute atomic E-state index is 13.5. The minimum atomic E-state index is -0.754. The lowest BCUT2D eigenvalue weighted by molar-refractivity contribution is -0.127. The number of amides is 4. The van der Waals surface area contributed by atoms with Crippen molar-refractivity contribution in [3.05, 3.63) is 128 Å². The second-order valence-electron chi connectivity index (χ2n) is 19.4. The molecule has 0 bridgehead atoms. The summed E-state index contributed by atoms with van der Waals surface area (Å²) in [4.78, 5) is 74.1. The molecule has 4 aliphatic heterocycles. The average Bonchev–Trinajstić information content (AvgIpc) is 4.20. The molecule has 78 heavy (non-hydrogen) atoms. The minimum absolute atomic E-state index is 0.224. The smallest absolute Gasteiger partial charge is 0.271 e. The first-order chi connectivity index (χ1) is 37.7. The maximum atomic E-state index is 13.5.